The minimum Gasteiger partial charge on any atom is -0.448 e. The molecule has 2 aliphatic rings. The van der Waals surface area contributed by atoms with Crippen molar-refractivity contribution in [3.8, 4) is 5.75 Å². The highest BCUT2D eigenvalue weighted by molar-refractivity contribution is 5.37. The van der Waals surface area contributed by atoms with Gasteiger partial charge in [-0.25, -0.2) is 4.90 Å². The number of morpholine rings is 1. The van der Waals surface area contributed by atoms with E-state index >= 15 is 0 Å². The molecule has 1 N–H and O–H groups in total. The number of ether oxygens (including phenoxy) is 2. The van der Waals surface area contributed by atoms with Gasteiger partial charge in [0, 0.05) is 18.7 Å². The number of hydrogen-bond donors (Lipinski definition) is 1. The van der Waals surface area contributed by atoms with Gasteiger partial charge < -0.3 is 14.6 Å². The van der Waals surface area contributed by atoms with E-state index in [2.05, 4.69) is 0 Å². The lowest BCUT2D eigenvalue weighted by Gasteiger charge is -2.37. The molecule has 16 heavy (non-hydrogen) atoms. The topological polar surface area (TPSA) is 41.9 Å². The lowest BCUT2D eigenvalue weighted by Crippen LogP contribution is -2.56. The molecule has 1 atom stereocenters. The molecule has 1 aromatic carbocycles. The molecule has 0 radical (unpaired) electrons. The summed E-state index contributed by atoms with van der Waals surface area (Å²) in [5.41, 5.74) is 1.07. The van der Waals surface area contributed by atoms with E-state index in [1.165, 1.54) is 0 Å². The second kappa shape index (κ2) is 3.73. The molecular formula is C12H15NO3. The smallest absolute Gasteiger partial charge is 0.275 e. The summed E-state index contributed by atoms with van der Waals surface area (Å²) in [6.45, 7) is 2.74. The lowest BCUT2D eigenvalue weighted by atomic mass is 10.1. The normalized spacial score (nSPS) is 29.8. The van der Waals surface area contributed by atoms with Crippen LogP contribution in [0.3, 0.4) is 0 Å². The first kappa shape index (κ1) is 10.1. The van der Waals surface area contributed by atoms with Gasteiger partial charge >= 0.3 is 0 Å². The zero-order valence-electron chi connectivity index (χ0n) is 9.06. The summed E-state index contributed by atoms with van der Waals surface area (Å²) in [5.74, 6) is -0.385. The molecule has 1 saturated heterocycles. The quantitative estimate of drug-likeness (QED) is 0.754. The van der Waals surface area contributed by atoms with Crippen LogP contribution in [0, 0.1) is 0 Å². The fourth-order valence-corrected chi connectivity index (χ4v) is 2.30. The molecule has 3 rings (SSSR count). The van der Waals surface area contributed by atoms with Gasteiger partial charge in [0.05, 0.1) is 19.6 Å². The second-order valence-corrected chi connectivity index (χ2v) is 4.23. The molecule has 86 valence electrons. The van der Waals surface area contributed by atoms with Crippen LogP contribution in [0.1, 0.15) is 5.56 Å². The molecule has 1 fully saturated rings. The number of fused-ring (bicyclic) bond motifs is 1. The maximum atomic E-state index is 10.5. The molecule has 0 aliphatic carbocycles. The summed E-state index contributed by atoms with van der Waals surface area (Å²) in [5, 5.41) is 10.5. The fourth-order valence-electron chi connectivity index (χ4n) is 2.30. The van der Waals surface area contributed by atoms with Crippen LogP contribution in [0.15, 0.2) is 24.3 Å². The third-order valence-corrected chi connectivity index (χ3v) is 3.17. The molecule has 0 amide bonds. The van der Waals surface area contributed by atoms with Crippen LogP contribution in [-0.4, -0.2) is 42.2 Å². The Balaban J connectivity index is 1.82. The average molecular weight is 221 g/mol. The highest BCUT2D eigenvalue weighted by Gasteiger charge is 2.43. The number of aliphatic hydroxyl groups is 1. The van der Waals surface area contributed by atoms with Gasteiger partial charge in [0.2, 0.25) is 0 Å². The first-order valence-electron chi connectivity index (χ1n) is 5.60. The molecule has 2 aliphatic heterocycles. The van der Waals surface area contributed by atoms with Crippen molar-refractivity contribution in [2.75, 3.05) is 26.3 Å². The maximum absolute atomic E-state index is 10.5. The van der Waals surface area contributed by atoms with E-state index < -0.39 is 5.91 Å². The summed E-state index contributed by atoms with van der Waals surface area (Å²) in [6.07, 6.45) is 0.531. The predicted octanol–water partition coefficient (Wildman–Crippen LogP) is 0.600. The average Bonchev–Trinajstić information content (AvgIpc) is 2.68. The highest BCUT2D eigenvalue weighted by Crippen LogP contribution is 2.35. The van der Waals surface area contributed by atoms with Crippen molar-refractivity contribution in [1.82, 2.24) is 4.90 Å². The van der Waals surface area contributed by atoms with Crippen molar-refractivity contribution in [2.45, 2.75) is 12.3 Å². The van der Waals surface area contributed by atoms with Gasteiger partial charge in [0.15, 0.2) is 0 Å². The summed E-state index contributed by atoms with van der Waals surface area (Å²) < 4.78 is 10.9. The van der Waals surface area contributed by atoms with E-state index in [4.69, 9.17) is 9.47 Å². The van der Waals surface area contributed by atoms with Gasteiger partial charge in [-0.15, -0.1) is 0 Å². The van der Waals surface area contributed by atoms with Crippen molar-refractivity contribution in [3.63, 3.8) is 0 Å². The van der Waals surface area contributed by atoms with Gasteiger partial charge in [0.1, 0.15) is 5.75 Å². The molecule has 4 nitrogen and oxygen atoms in total. The third kappa shape index (κ3) is 1.59. The molecule has 4 heteroatoms. The van der Waals surface area contributed by atoms with E-state index in [-0.39, 0.29) is 0 Å². The summed E-state index contributed by atoms with van der Waals surface area (Å²) >= 11 is 0. The Morgan fingerprint density at radius 2 is 1.94 bits per heavy atom. The molecule has 0 spiro atoms. The van der Waals surface area contributed by atoms with E-state index in [1.807, 2.05) is 29.2 Å². The summed E-state index contributed by atoms with van der Waals surface area (Å²) in [7, 11) is 0. The zero-order chi connectivity index (χ0) is 11.0. The minimum absolute atomic E-state index is 0.531. The number of benzene rings is 1. The molecule has 0 bridgehead atoms. The van der Waals surface area contributed by atoms with Crippen LogP contribution in [0.4, 0.5) is 0 Å². The largest absolute Gasteiger partial charge is 0.448 e. The Bertz CT molecular complexity index is 363. The van der Waals surface area contributed by atoms with Crippen molar-refractivity contribution in [2.24, 2.45) is 0 Å². The minimum atomic E-state index is -1.17. The third-order valence-electron chi connectivity index (χ3n) is 3.17. The van der Waals surface area contributed by atoms with Gasteiger partial charge in [0.25, 0.3) is 5.91 Å². The van der Waals surface area contributed by atoms with Crippen LogP contribution in [0.25, 0.3) is 0 Å². The van der Waals surface area contributed by atoms with Crippen molar-refractivity contribution in [3.05, 3.63) is 29.8 Å². The molecule has 0 saturated carbocycles. The standard InChI is InChI=1S/C12H15NO3/c14-12(13-5-7-15-8-6-13)9-10-3-1-2-4-11(10)16-12/h1-4,14H,5-9H2. The molecule has 1 unspecified atom stereocenters. The molecule has 2 heterocycles. The van der Waals surface area contributed by atoms with Crippen LogP contribution in [-0.2, 0) is 11.2 Å². The SMILES string of the molecule is OC1(N2CCOCC2)Cc2ccccc2O1. The maximum Gasteiger partial charge on any atom is 0.275 e. The number of hydrogen-bond acceptors (Lipinski definition) is 4. The van der Waals surface area contributed by atoms with Crippen LogP contribution < -0.4 is 4.74 Å². The molecular weight excluding hydrogens is 206 g/mol. The second-order valence-electron chi connectivity index (χ2n) is 4.23. The first-order valence-corrected chi connectivity index (χ1v) is 5.60. The lowest BCUT2D eigenvalue weighted by molar-refractivity contribution is -0.246. The predicted molar refractivity (Wildman–Crippen MR) is 58.1 cm³/mol. The number of nitrogens with zero attached hydrogens (tertiary/aromatic N) is 1. The van der Waals surface area contributed by atoms with Crippen molar-refractivity contribution < 1.29 is 14.6 Å². The Labute approximate surface area is 94.4 Å². The Kier molecular flexibility index (Phi) is 2.35. The molecule has 1 aromatic rings. The Morgan fingerprint density at radius 1 is 1.19 bits per heavy atom. The van der Waals surface area contributed by atoms with Gasteiger partial charge in [-0.2, -0.15) is 0 Å². The monoisotopic (exact) mass is 221 g/mol. The van der Waals surface area contributed by atoms with Crippen molar-refractivity contribution >= 4 is 0 Å². The van der Waals surface area contributed by atoms with E-state index in [1.54, 1.807) is 0 Å². The number of para-hydroxylation sites is 1. The van der Waals surface area contributed by atoms with E-state index in [0.29, 0.717) is 32.7 Å². The van der Waals surface area contributed by atoms with E-state index in [9.17, 15) is 5.11 Å². The first-order chi connectivity index (χ1) is 7.78. The highest BCUT2D eigenvalue weighted by atomic mass is 16.7. The summed E-state index contributed by atoms with van der Waals surface area (Å²) in [4.78, 5) is 1.94. The van der Waals surface area contributed by atoms with Crippen LogP contribution in [0.2, 0.25) is 0 Å². The Morgan fingerprint density at radius 3 is 2.69 bits per heavy atom. The van der Waals surface area contributed by atoms with Gasteiger partial charge in [-0.05, 0) is 6.07 Å². The van der Waals surface area contributed by atoms with Crippen LogP contribution in [0.5, 0.6) is 5.75 Å². The van der Waals surface area contributed by atoms with E-state index in [0.717, 1.165) is 11.3 Å². The fraction of sp³-hybridized carbons (Fsp3) is 0.500. The van der Waals surface area contributed by atoms with Crippen LogP contribution >= 0.6 is 0 Å². The zero-order valence-corrected chi connectivity index (χ0v) is 9.06. The summed E-state index contributed by atoms with van der Waals surface area (Å²) in [6, 6.07) is 7.78. The Hall–Kier alpha value is -1.10. The van der Waals surface area contributed by atoms with Crippen molar-refractivity contribution in [1.29, 1.82) is 0 Å². The molecule has 0 aromatic heterocycles. The number of rotatable bonds is 1. The van der Waals surface area contributed by atoms with Gasteiger partial charge in [-0.1, -0.05) is 18.2 Å². The van der Waals surface area contributed by atoms with Gasteiger partial charge in [-0.3, -0.25) is 0 Å².